The maximum absolute atomic E-state index is 13.8. The molecular weight excluding hydrogens is 605 g/mol. The van der Waals surface area contributed by atoms with E-state index in [1.54, 1.807) is 6.92 Å². The summed E-state index contributed by atoms with van der Waals surface area (Å²) in [7, 11) is -4.69. The Kier molecular flexibility index (Phi) is 8.73. The molecule has 2 aliphatic rings. The monoisotopic (exact) mass is 634 g/mol. The predicted molar refractivity (Wildman–Crippen MR) is 143 cm³/mol. The quantitative estimate of drug-likeness (QED) is 0.240. The van der Waals surface area contributed by atoms with Crippen molar-refractivity contribution in [2.75, 3.05) is 11.9 Å². The average molecular weight is 635 g/mol. The molecule has 0 spiro atoms. The third-order valence-electron chi connectivity index (χ3n) is 8.29. The number of aliphatic hydroxyl groups is 4. The van der Waals surface area contributed by atoms with Gasteiger partial charge in [0.1, 0.15) is 0 Å². The zero-order valence-corrected chi connectivity index (χ0v) is 24.0. The van der Waals surface area contributed by atoms with Crippen LogP contribution in [0.25, 0.3) is 0 Å². The van der Waals surface area contributed by atoms with Crippen molar-refractivity contribution in [1.82, 2.24) is 5.32 Å². The number of anilines is 1. The van der Waals surface area contributed by atoms with Crippen LogP contribution >= 0.6 is 11.6 Å². The Labute approximate surface area is 244 Å². The van der Waals surface area contributed by atoms with E-state index >= 15 is 0 Å². The molecule has 0 heterocycles. The third-order valence-corrected chi connectivity index (χ3v) is 11.0. The van der Waals surface area contributed by atoms with Gasteiger partial charge in [0.15, 0.2) is 28.5 Å². The zero-order valence-electron chi connectivity index (χ0n) is 22.4. The Morgan fingerprint density at radius 1 is 1.10 bits per heavy atom. The van der Waals surface area contributed by atoms with Crippen molar-refractivity contribution in [3.8, 4) is 0 Å². The summed E-state index contributed by atoms with van der Waals surface area (Å²) in [4.78, 5) is 21.9. The molecule has 2 unspecified atom stereocenters. The first-order valence-electron chi connectivity index (χ1n) is 13.0. The van der Waals surface area contributed by atoms with Gasteiger partial charge in [-0.1, -0.05) is 18.5 Å². The van der Waals surface area contributed by atoms with Crippen molar-refractivity contribution < 1.29 is 51.6 Å². The number of fused-ring (bicyclic) bond motifs is 2. The molecule has 10 nitrogen and oxygen atoms in total. The van der Waals surface area contributed by atoms with Gasteiger partial charge in [-0.25, -0.2) is 21.6 Å². The molecule has 2 aromatic rings. The van der Waals surface area contributed by atoms with Gasteiger partial charge < -0.3 is 31.1 Å². The number of carbonyl (C=O) groups is 2. The highest BCUT2D eigenvalue weighted by atomic mass is 35.5. The fourth-order valence-corrected chi connectivity index (χ4v) is 8.25. The first-order valence-corrected chi connectivity index (χ1v) is 14.9. The Hall–Kier alpha value is -2.75. The molecule has 6 N–H and O–H groups in total. The average Bonchev–Trinajstić information content (AvgIpc) is 3.03. The highest BCUT2D eigenvalue weighted by molar-refractivity contribution is 7.92. The molecule has 7 atom stereocenters. The molecule has 0 saturated heterocycles. The van der Waals surface area contributed by atoms with E-state index in [4.69, 9.17) is 11.6 Å². The van der Waals surface area contributed by atoms with Gasteiger partial charge in [-0.15, -0.1) is 0 Å². The zero-order chi connectivity index (χ0) is 31.4. The molecule has 2 saturated carbocycles. The summed E-state index contributed by atoms with van der Waals surface area (Å²) in [6.07, 6.45) is -3.68. The van der Waals surface area contributed by atoms with Crippen LogP contribution in [0.2, 0.25) is 5.02 Å². The van der Waals surface area contributed by atoms with Crippen molar-refractivity contribution >= 4 is 38.9 Å². The van der Waals surface area contributed by atoms with E-state index in [0.717, 1.165) is 18.2 Å². The summed E-state index contributed by atoms with van der Waals surface area (Å²) in [6, 6.07) is 4.22. The minimum Gasteiger partial charge on any atom is -0.390 e. The van der Waals surface area contributed by atoms with E-state index in [-0.39, 0.29) is 23.0 Å². The van der Waals surface area contributed by atoms with Crippen LogP contribution in [0.4, 0.5) is 18.9 Å². The van der Waals surface area contributed by atoms with Crippen LogP contribution in [-0.4, -0.2) is 69.9 Å². The number of nitrogens with one attached hydrogen (secondary N) is 2. The van der Waals surface area contributed by atoms with Crippen molar-refractivity contribution in [3.05, 3.63) is 58.4 Å². The van der Waals surface area contributed by atoms with Crippen LogP contribution in [0, 0.1) is 35.2 Å². The first kappa shape index (κ1) is 32.2. The molecule has 4 rings (SSSR count). The standard InChI is InChI=1S/C27H30ClF3N2O8S/c1-12-5-15-9-26(38,10-17(12)27(15,39)11-32-25(37)23(35)13(2)34)42(40,41)21-6-14(3-4-18(21)28)24(36)33-16-7-19(29)22(31)20(30)8-16/h3-4,6-8,12-13,15,17,23,34-35,38-39H,5,9-11H2,1-2H3,(H,32,37)(H,33,36)/t12-,13+,15?,17?,23-,26+,27+/m0/s1. The number of halogens is 4. The summed E-state index contributed by atoms with van der Waals surface area (Å²) in [5.74, 6) is -8.64. The van der Waals surface area contributed by atoms with Crippen LogP contribution in [-0.2, 0) is 14.6 Å². The van der Waals surface area contributed by atoms with Gasteiger partial charge in [0.2, 0.25) is 9.84 Å². The Bertz CT molecular complexity index is 1500. The summed E-state index contributed by atoms with van der Waals surface area (Å²) in [5, 5.41) is 46.5. The number of benzene rings is 2. The Balaban J connectivity index is 1.59. The highest BCUT2D eigenvalue weighted by Gasteiger charge is 2.64. The molecule has 230 valence electrons. The molecule has 2 amide bonds. The Morgan fingerprint density at radius 2 is 1.71 bits per heavy atom. The predicted octanol–water partition coefficient (Wildman–Crippen LogP) is 2.13. The second-order valence-electron chi connectivity index (χ2n) is 11.1. The maximum atomic E-state index is 13.8. The highest BCUT2D eigenvalue weighted by Crippen LogP contribution is 2.57. The maximum Gasteiger partial charge on any atom is 0.255 e. The molecule has 0 aliphatic heterocycles. The van der Waals surface area contributed by atoms with Crippen molar-refractivity contribution in [2.24, 2.45) is 17.8 Å². The van der Waals surface area contributed by atoms with Crippen LogP contribution in [0.15, 0.2) is 35.2 Å². The van der Waals surface area contributed by atoms with E-state index in [9.17, 15) is 51.6 Å². The lowest BCUT2D eigenvalue weighted by atomic mass is 9.72. The molecule has 2 aliphatic carbocycles. The number of rotatable bonds is 8. The fraction of sp³-hybridized carbons (Fsp3) is 0.481. The molecule has 42 heavy (non-hydrogen) atoms. The minimum atomic E-state index is -4.69. The largest absolute Gasteiger partial charge is 0.390 e. The molecule has 15 heteroatoms. The van der Waals surface area contributed by atoms with E-state index in [2.05, 4.69) is 10.6 Å². The second kappa shape index (κ2) is 11.4. The van der Waals surface area contributed by atoms with Crippen molar-refractivity contribution in [3.63, 3.8) is 0 Å². The lowest BCUT2D eigenvalue weighted by Crippen LogP contribution is -2.60. The number of carbonyl (C=O) groups excluding carboxylic acids is 2. The van der Waals surface area contributed by atoms with Crippen LogP contribution in [0.3, 0.4) is 0 Å². The number of aliphatic hydroxyl groups excluding tert-OH is 2. The van der Waals surface area contributed by atoms with E-state index < -0.39 is 97.1 Å². The minimum absolute atomic E-state index is 0.271. The summed E-state index contributed by atoms with van der Waals surface area (Å²) < 4.78 is 68.1. The number of sulfone groups is 1. The number of hydrogen-bond acceptors (Lipinski definition) is 8. The van der Waals surface area contributed by atoms with Gasteiger partial charge >= 0.3 is 0 Å². The first-order chi connectivity index (χ1) is 19.4. The smallest absolute Gasteiger partial charge is 0.255 e. The van der Waals surface area contributed by atoms with E-state index in [0.29, 0.717) is 18.6 Å². The lowest BCUT2D eigenvalue weighted by molar-refractivity contribution is -0.140. The normalized spacial score (nSPS) is 28.7. The second-order valence-corrected chi connectivity index (χ2v) is 13.7. The number of hydrogen-bond donors (Lipinski definition) is 6. The molecule has 2 bridgehead atoms. The van der Waals surface area contributed by atoms with Gasteiger partial charge in [-0.05, 0) is 62.1 Å². The topological polar surface area (TPSA) is 173 Å². The van der Waals surface area contributed by atoms with Gasteiger partial charge in [0.05, 0.1) is 21.6 Å². The van der Waals surface area contributed by atoms with Gasteiger partial charge in [0, 0.05) is 29.9 Å². The van der Waals surface area contributed by atoms with E-state index in [1.807, 2.05) is 0 Å². The number of amides is 2. The van der Waals surface area contributed by atoms with Crippen molar-refractivity contribution in [2.45, 2.75) is 60.7 Å². The van der Waals surface area contributed by atoms with Crippen LogP contribution < -0.4 is 10.6 Å². The third kappa shape index (κ3) is 5.63. The lowest BCUT2D eigenvalue weighted by Gasteiger charge is -2.46. The summed E-state index contributed by atoms with van der Waals surface area (Å²) in [5.41, 5.74) is -2.35. The van der Waals surface area contributed by atoms with Crippen molar-refractivity contribution in [1.29, 1.82) is 0 Å². The van der Waals surface area contributed by atoms with Gasteiger partial charge in [-0.2, -0.15) is 0 Å². The molecule has 0 radical (unpaired) electrons. The van der Waals surface area contributed by atoms with Gasteiger partial charge in [0.25, 0.3) is 11.8 Å². The van der Waals surface area contributed by atoms with Crippen LogP contribution in [0.5, 0.6) is 0 Å². The summed E-state index contributed by atoms with van der Waals surface area (Å²) in [6.45, 7) is 2.62. The SMILES string of the molecule is C[C@H]1CC2C[C@@](O)(S(=O)(=O)c3cc(C(=O)Nc4cc(F)c(F)c(F)c4)ccc3Cl)CC1[C@@]2(O)CNC(=O)[C@@H](O)[C@@H](C)O. The van der Waals surface area contributed by atoms with Crippen LogP contribution in [0.1, 0.15) is 43.5 Å². The fourth-order valence-electron chi connectivity index (χ4n) is 6.00. The molecule has 0 aromatic heterocycles. The Morgan fingerprint density at radius 3 is 2.29 bits per heavy atom. The summed E-state index contributed by atoms with van der Waals surface area (Å²) >= 11 is 6.19. The van der Waals surface area contributed by atoms with E-state index in [1.165, 1.54) is 6.92 Å². The molecular formula is C27H30ClF3N2O8S. The molecule has 2 fully saturated rings. The van der Waals surface area contributed by atoms with Gasteiger partial charge in [-0.3, -0.25) is 9.59 Å². The molecule has 2 aromatic carbocycles.